The molecule has 3 aromatic rings. The molecule has 1 unspecified atom stereocenters. The second-order valence-electron chi connectivity index (χ2n) is 11.6. The van der Waals surface area contributed by atoms with Gasteiger partial charge in [0.05, 0.1) is 0 Å². The van der Waals surface area contributed by atoms with Crippen LogP contribution in [0.4, 0.5) is 0 Å². The molecule has 0 aliphatic rings. The highest BCUT2D eigenvalue weighted by Crippen LogP contribution is 2.31. The number of nitrogens with zero attached hydrogens (tertiary/aromatic N) is 1. The molecule has 0 saturated heterocycles. The second kappa shape index (κ2) is 12.5. The lowest BCUT2D eigenvalue weighted by Crippen LogP contribution is -2.55. The Labute approximate surface area is 232 Å². The number of halogens is 1. The summed E-state index contributed by atoms with van der Waals surface area (Å²) in [6, 6.07) is 24.1. The van der Waals surface area contributed by atoms with Crippen molar-refractivity contribution in [3.05, 3.63) is 101 Å². The number of amides is 2. The van der Waals surface area contributed by atoms with Crippen molar-refractivity contribution >= 4 is 23.4 Å². The number of carbonyl (C=O) groups is 2. The SMILES string of the molecule is CC(C)(C)NC(=O)C(Cc1ccccc1)N(Cc1ccccc1Cl)C(=O)COc1ccccc1C(C)(C)C. The first kappa shape index (κ1) is 29.2. The quantitative estimate of drug-likeness (QED) is 0.338. The smallest absolute Gasteiger partial charge is 0.261 e. The molecule has 0 aliphatic carbocycles. The molecule has 3 aromatic carbocycles. The van der Waals surface area contributed by atoms with Crippen LogP contribution in [-0.4, -0.2) is 34.9 Å². The molecule has 0 bridgehead atoms. The van der Waals surface area contributed by atoms with Gasteiger partial charge in [-0.15, -0.1) is 0 Å². The van der Waals surface area contributed by atoms with E-state index in [0.29, 0.717) is 17.2 Å². The maximum Gasteiger partial charge on any atom is 0.261 e. The van der Waals surface area contributed by atoms with E-state index < -0.39 is 11.6 Å². The number of para-hydroxylation sites is 1. The minimum atomic E-state index is -0.762. The lowest BCUT2D eigenvalue weighted by atomic mass is 9.86. The Balaban J connectivity index is 1.97. The van der Waals surface area contributed by atoms with E-state index in [1.807, 2.05) is 93.6 Å². The molecule has 202 valence electrons. The van der Waals surface area contributed by atoms with Gasteiger partial charge in [-0.2, -0.15) is 0 Å². The van der Waals surface area contributed by atoms with E-state index in [1.165, 1.54) is 0 Å². The predicted octanol–water partition coefficient (Wildman–Crippen LogP) is 6.57. The van der Waals surface area contributed by atoms with Crippen molar-refractivity contribution < 1.29 is 14.3 Å². The summed E-state index contributed by atoms with van der Waals surface area (Å²) < 4.78 is 6.10. The number of rotatable bonds is 9. The van der Waals surface area contributed by atoms with Crippen LogP contribution >= 0.6 is 11.6 Å². The maximum absolute atomic E-state index is 13.9. The third-order valence-corrected chi connectivity index (χ3v) is 6.48. The normalized spacial score (nSPS) is 12.5. The molecular formula is C32H39ClN2O3. The van der Waals surface area contributed by atoms with Gasteiger partial charge >= 0.3 is 0 Å². The molecule has 0 aliphatic heterocycles. The first-order chi connectivity index (χ1) is 17.8. The average molecular weight is 535 g/mol. The van der Waals surface area contributed by atoms with E-state index in [9.17, 15) is 9.59 Å². The monoisotopic (exact) mass is 534 g/mol. The molecule has 38 heavy (non-hydrogen) atoms. The van der Waals surface area contributed by atoms with Crippen molar-refractivity contribution in [3.8, 4) is 5.75 Å². The lowest BCUT2D eigenvalue weighted by Gasteiger charge is -2.34. The molecule has 2 amide bonds. The van der Waals surface area contributed by atoms with E-state index in [4.69, 9.17) is 16.3 Å². The van der Waals surface area contributed by atoms with Crippen LogP contribution in [0, 0.1) is 0 Å². The molecular weight excluding hydrogens is 496 g/mol. The van der Waals surface area contributed by atoms with Crippen LogP contribution < -0.4 is 10.1 Å². The number of carbonyl (C=O) groups excluding carboxylic acids is 2. The van der Waals surface area contributed by atoms with Crippen molar-refractivity contribution in [1.29, 1.82) is 0 Å². The van der Waals surface area contributed by atoms with Gasteiger partial charge in [-0.3, -0.25) is 9.59 Å². The molecule has 5 nitrogen and oxygen atoms in total. The fraction of sp³-hybridized carbons (Fsp3) is 0.375. The van der Waals surface area contributed by atoms with Gasteiger partial charge in [0.25, 0.3) is 5.91 Å². The van der Waals surface area contributed by atoms with Crippen molar-refractivity contribution in [1.82, 2.24) is 10.2 Å². The molecule has 0 saturated carbocycles. The van der Waals surface area contributed by atoms with E-state index in [2.05, 4.69) is 26.1 Å². The number of nitrogens with one attached hydrogen (secondary N) is 1. The molecule has 0 fully saturated rings. The van der Waals surface area contributed by atoms with Crippen LogP contribution in [0.25, 0.3) is 0 Å². The summed E-state index contributed by atoms with van der Waals surface area (Å²) in [7, 11) is 0. The second-order valence-corrected chi connectivity index (χ2v) is 12.0. The minimum Gasteiger partial charge on any atom is -0.483 e. The summed E-state index contributed by atoms with van der Waals surface area (Å²) in [5, 5.41) is 3.61. The zero-order valence-electron chi connectivity index (χ0n) is 23.3. The van der Waals surface area contributed by atoms with E-state index in [0.717, 1.165) is 16.7 Å². The molecule has 1 N–H and O–H groups in total. The Bertz CT molecular complexity index is 1230. The van der Waals surface area contributed by atoms with E-state index in [-0.39, 0.29) is 30.4 Å². The number of benzene rings is 3. The molecule has 0 radical (unpaired) electrons. The number of hydrogen-bond acceptors (Lipinski definition) is 3. The van der Waals surface area contributed by atoms with Crippen LogP contribution in [0.1, 0.15) is 58.2 Å². The summed E-state index contributed by atoms with van der Waals surface area (Å²) in [5.41, 5.74) is 2.11. The summed E-state index contributed by atoms with van der Waals surface area (Å²) in [6.07, 6.45) is 0.359. The molecule has 0 heterocycles. The Hall–Kier alpha value is -3.31. The maximum atomic E-state index is 13.9. The molecule has 0 spiro atoms. The van der Waals surface area contributed by atoms with Crippen molar-refractivity contribution in [2.24, 2.45) is 0 Å². The van der Waals surface area contributed by atoms with Gasteiger partial charge in [0, 0.05) is 23.5 Å². The van der Waals surface area contributed by atoms with Crippen LogP contribution in [0.5, 0.6) is 5.75 Å². The van der Waals surface area contributed by atoms with Gasteiger partial charge in [0.15, 0.2) is 6.61 Å². The highest BCUT2D eigenvalue weighted by Gasteiger charge is 2.33. The standard InChI is InChI=1S/C32H39ClN2O3/c1-31(2,3)25-17-11-13-19-28(25)38-22-29(36)35(21-24-16-10-12-18-26(24)33)27(30(37)34-32(4,5)6)20-23-14-8-7-9-15-23/h7-19,27H,20-22H2,1-6H3,(H,34,37). The van der Waals surface area contributed by atoms with Crippen molar-refractivity contribution in [2.75, 3.05) is 6.61 Å². The molecule has 3 rings (SSSR count). The fourth-order valence-corrected chi connectivity index (χ4v) is 4.45. The van der Waals surface area contributed by atoms with Gasteiger partial charge in [-0.1, -0.05) is 99.1 Å². The topological polar surface area (TPSA) is 58.6 Å². The molecule has 6 heteroatoms. The zero-order chi connectivity index (χ0) is 27.9. The summed E-state index contributed by atoms with van der Waals surface area (Å²) in [6.45, 7) is 12.1. The van der Waals surface area contributed by atoms with Crippen molar-refractivity contribution in [2.45, 2.75) is 71.5 Å². The Morgan fingerprint density at radius 1 is 0.868 bits per heavy atom. The zero-order valence-corrected chi connectivity index (χ0v) is 24.0. The van der Waals surface area contributed by atoms with E-state index >= 15 is 0 Å². The third-order valence-electron chi connectivity index (χ3n) is 6.11. The first-order valence-corrected chi connectivity index (χ1v) is 13.3. The van der Waals surface area contributed by atoms with Crippen LogP contribution in [0.15, 0.2) is 78.9 Å². The Morgan fingerprint density at radius 2 is 1.47 bits per heavy atom. The fourth-order valence-electron chi connectivity index (χ4n) is 4.25. The molecule has 1 atom stereocenters. The average Bonchev–Trinajstić information content (AvgIpc) is 2.85. The Kier molecular flexibility index (Phi) is 9.61. The van der Waals surface area contributed by atoms with Gasteiger partial charge in [-0.05, 0) is 55.0 Å². The summed E-state index contributed by atoms with van der Waals surface area (Å²) in [5.74, 6) is 0.139. The predicted molar refractivity (Wildman–Crippen MR) is 154 cm³/mol. The summed E-state index contributed by atoms with van der Waals surface area (Å²) >= 11 is 6.50. The lowest BCUT2D eigenvalue weighted by molar-refractivity contribution is -0.143. The first-order valence-electron chi connectivity index (χ1n) is 13.0. The summed E-state index contributed by atoms with van der Waals surface area (Å²) in [4.78, 5) is 29.1. The minimum absolute atomic E-state index is 0.153. The van der Waals surface area contributed by atoms with Crippen LogP contribution in [-0.2, 0) is 28.0 Å². The van der Waals surface area contributed by atoms with Crippen LogP contribution in [0.2, 0.25) is 5.02 Å². The number of ether oxygens (including phenoxy) is 1. The third kappa shape index (κ3) is 8.35. The largest absolute Gasteiger partial charge is 0.483 e. The highest BCUT2D eigenvalue weighted by atomic mass is 35.5. The van der Waals surface area contributed by atoms with Gasteiger partial charge in [0.1, 0.15) is 11.8 Å². The Morgan fingerprint density at radius 3 is 2.11 bits per heavy atom. The van der Waals surface area contributed by atoms with Gasteiger partial charge in [0.2, 0.25) is 5.91 Å². The van der Waals surface area contributed by atoms with Gasteiger partial charge < -0.3 is 15.0 Å². The molecule has 0 aromatic heterocycles. The van der Waals surface area contributed by atoms with Crippen LogP contribution in [0.3, 0.4) is 0 Å². The van der Waals surface area contributed by atoms with Crippen molar-refractivity contribution in [3.63, 3.8) is 0 Å². The number of hydrogen-bond donors (Lipinski definition) is 1. The van der Waals surface area contributed by atoms with Gasteiger partial charge in [-0.25, -0.2) is 0 Å². The van der Waals surface area contributed by atoms with E-state index in [1.54, 1.807) is 11.0 Å². The highest BCUT2D eigenvalue weighted by molar-refractivity contribution is 6.31.